The van der Waals surface area contributed by atoms with Gasteiger partial charge in [-0.15, -0.1) is 11.3 Å². The summed E-state index contributed by atoms with van der Waals surface area (Å²) in [6.07, 6.45) is 0.829. The fraction of sp³-hybridized carbons (Fsp3) is 0.118. The summed E-state index contributed by atoms with van der Waals surface area (Å²) in [5.41, 5.74) is 1.75. The average Bonchev–Trinajstić information content (AvgIpc) is 3.24. The fourth-order valence-electron chi connectivity index (χ4n) is 2.08. The number of hydrogen-bond donors (Lipinski definition) is 0. The van der Waals surface area contributed by atoms with Gasteiger partial charge in [-0.05, 0) is 30.5 Å². The van der Waals surface area contributed by atoms with Gasteiger partial charge in [-0.3, -0.25) is 0 Å². The Kier molecular flexibility index (Phi) is 4.22. The molecule has 0 amide bonds. The number of nitriles is 1. The van der Waals surface area contributed by atoms with Gasteiger partial charge in [0.25, 0.3) is 0 Å². The summed E-state index contributed by atoms with van der Waals surface area (Å²) in [7, 11) is 0. The highest BCUT2D eigenvalue weighted by atomic mass is 32.1. The zero-order valence-electron chi connectivity index (χ0n) is 12.3. The molecule has 0 radical (unpaired) electrons. The number of carbonyl (C=O) groups excluding carboxylic acids is 1. The van der Waals surface area contributed by atoms with Crippen molar-refractivity contribution in [2.45, 2.75) is 13.0 Å². The van der Waals surface area contributed by atoms with Crippen LogP contribution in [-0.2, 0) is 4.74 Å². The van der Waals surface area contributed by atoms with Crippen molar-refractivity contribution in [1.82, 2.24) is 9.78 Å². The molecule has 0 spiro atoms. The predicted molar refractivity (Wildman–Crippen MR) is 87.4 cm³/mol. The van der Waals surface area contributed by atoms with Crippen LogP contribution in [0.1, 0.15) is 17.3 Å². The summed E-state index contributed by atoms with van der Waals surface area (Å²) in [5.74, 6) is -0.551. The first kappa shape index (κ1) is 15.0. The van der Waals surface area contributed by atoms with Gasteiger partial charge in [0, 0.05) is 6.20 Å². The Bertz CT molecular complexity index is 848. The van der Waals surface area contributed by atoms with Crippen LogP contribution in [0.3, 0.4) is 0 Å². The number of esters is 1. The first-order valence-electron chi connectivity index (χ1n) is 6.98. The number of thiophene rings is 1. The summed E-state index contributed by atoms with van der Waals surface area (Å²) >= 11 is 1.49. The van der Waals surface area contributed by atoms with E-state index in [4.69, 9.17) is 10.00 Å². The molecule has 1 aromatic carbocycles. The molecule has 6 heteroatoms. The van der Waals surface area contributed by atoms with E-state index in [2.05, 4.69) is 5.10 Å². The van der Waals surface area contributed by atoms with Crippen molar-refractivity contribution >= 4 is 17.3 Å². The molecule has 0 unspecified atom stereocenters. The lowest BCUT2D eigenvalue weighted by Gasteiger charge is -2.04. The molecule has 114 valence electrons. The zero-order valence-corrected chi connectivity index (χ0v) is 13.2. The van der Waals surface area contributed by atoms with Gasteiger partial charge >= 0.3 is 5.97 Å². The van der Waals surface area contributed by atoms with E-state index in [9.17, 15) is 4.79 Å². The van der Waals surface area contributed by atoms with Crippen LogP contribution in [0.15, 0.2) is 54.0 Å². The maximum absolute atomic E-state index is 12.4. The predicted octanol–water partition coefficient (Wildman–Crippen LogP) is 3.67. The summed E-state index contributed by atoms with van der Waals surface area (Å²) in [5, 5.41) is 15.3. The number of hydrogen-bond acceptors (Lipinski definition) is 5. The second-order valence-electron chi connectivity index (χ2n) is 4.83. The van der Waals surface area contributed by atoms with E-state index in [1.807, 2.05) is 53.9 Å². The SMILES string of the molecule is C[C@H](C#N)OC(=O)c1cn(-c2ccccc2)nc1-c1cccs1. The molecule has 3 rings (SSSR count). The highest BCUT2D eigenvalue weighted by molar-refractivity contribution is 7.13. The topological polar surface area (TPSA) is 67.9 Å². The summed E-state index contributed by atoms with van der Waals surface area (Å²) in [6.45, 7) is 1.53. The van der Waals surface area contributed by atoms with E-state index in [0.29, 0.717) is 11.3 Å². The monoisotopic (exact) mass is 323 g/mol. The van der Waals surface area contributed by atoms with Crippen LogP contribution in [0.2, 0.25) is 0 Å². The molecule has 2 heterocycles. The summed E-state index contributed by atoms with van der Waals surface area (Å²) in [4.78, 5) is 13.2. The third kappa shape index (κ3) is 3.15. The summed E-state index contributed by atoms with van der Waals surface area (Å²) < 4.78 is 6.77. The minimum absolute atomic E-state index is 0.346. The number of para-hydroxylation sites is 1. The number of carbonyl (C=O) groups is 1. The Labute approximate surface area is 137 Å². The maximum Gasteiger partial charge on any atom is 0.343 e. The van der Waals surface area contributed by atoms with Crippen LogP contribution < -0.4 is 0 Å². The quantitative estimate of drug-likeness (QED) is 0.687. The van der Waals surface area contributed by atoms with E-state index < -0.39 is 12.1 Å². The van der Waals surface area contributed by atoms with Gasteiger partial charge < -0.3 is 4.74 Å². The molecule has 2 aromatic heterocycles. The maximum atomic E-state index is 12.4. The molecule has 0 saturated carbocycles. The van der Waals surface area contributed by atoms with Crippen molar-refractivity contribution in [2.24, 2.45) is 0 Å². The molecule has 0 aliphatic carbocycles. The molecular formula is C17H13N3O2S. The Balaban J connectivity index is 2.05. The molecule has 0 aliphatic rings. The van der Waals surface area contributed by atoms with Crippen LogP contribution in [0.25, 0.3) is 16.3 Å². The molecular weight excluding hydrogens is 310 g/mol. The van der Waals surface area contributed by atoms with E-state index in [-0.39, 0.29) is 0 Å². The standard InChI is InChI=1S/C17H13N3O2S/c1-12(10-18)22-17(21)14-11-20(13-6-3-2-4-7-13)19-16(14)15-8-5-9-23-15/h2-9,11-12H,1H3/t12-/m1/s1. The number of rotatable bonds is 4. The van der Waals surface area contributed by atoms with Crippen molar-refractivity contribution in [3.63, 3.8) is 0 Å². The minimum atomic E-state index is -0.807. The van der Waals surface area contributed by atoms with Gasteiger partial charge in [0.2, 0.25) is 0 Å². The molecule has 0 N–H and O–H groups in total. The molecule has 0 fully saturated rings. The molecule has 3 aromatic rings. The third-order valence-electron chi connectivity index (χ3n) is 3.18. The second-order valence-corrected chi connectivity index (χ2v) is 5.77. The van der Waals surface area contributed by atoms with Gasteiger partial charge in [-0.2, -0.15) is 10.4 Å². The molecule has 0 saturated heterocycles. The van der Waals surface area contributed by atoms with E-state index in [0.717, 1.165) is 10.6 Å². The largest absolute Gasteiger partial charge is 0.444 e. The van der Waals surface area contributed by atoms with Gasteiger partial charge in [-0.1, -0.05) is 24.3 Å². The fourth-order valence-corrected chi connectivity index (χ4v) is 2.81. The van der Waals surface area contributed by atoms with Gasteiger partial charge in [-0.25, -0.2) is 9.48 Å². The third-order valence-corrected chi connectivity index (χ3v) is 4.05. The molecule has 0 aliphatic heterocycles. The van der Waals surface area contributed by atoms with Gasteiger partial charge in [0.15, 0.2) is 6.10 Å². The highest BCUT2D eigenvalue weighted by Gasteiger charge is 2.22. The van der Waals surface area contributed by atoms with E-state index in [1.54, 1.807) is 10.9 Å². The number of aromatic nitrogens is 2. The van der Waals surface area contributed by atoms with Gasteiger partial charge in [0.1, 0.15) is 17.3 Å². The van der Waals surface area contributed by atoms with E-state index >= 15 is 0 Å². The van der Waals surface area contributed by atoms with Crippen molar-refractivity contribution in [3.8, 4) is 22.3 Å². The Morgan fingerprint density at radius 1 is 1.30 bits per heavy atom. The van der Waals surface area contributed by atoms with E-state index in [1.165, 1.54) is 18.3 Å². The van der Waals surface area contributed by atoms with Crippen molar-refractivity contribution < 1.29 is 9.53 Å². The van der Waals surface area contributed by atoms with Crippen molar-refractivity contribution in [3.05, 3.63) is 59.6 Å². The normalized spacial score (nSPS) is 11.7. The van der Waals surface area contributed by atoms with Crippen molar-refractivity contribution in [2.75, 3.05) is 0 Å². The summed E-state index contributed by atoms with van der Waals surface area (Å²) in [6, 6.07) is 15.2. The number of nitrogens with zero attached hydrogens (tertiary/aromatic N) is 3. The molecule has 0 bridgehead atoms. The molecule has 23 heavy (non-hydrogen) atoms. The lowest BCUT2D eigenvalue weighted by atomic mass is 10.2. The average molecular weight is 323 g/mol. The highest BCUT2D eigenvalue weighted by Crippen LogP contribution is 2.28. The second kappa shape index (κ2) is 6.46. The number of ether oxygens (including phenoxy) is 1. The van der Waals surface area contributed by atoms with Crippen LogP contribution in [0.5, 0.6) is 0 Å². The zero-order chi connectivity index (χ0) is 16.2. The smallest absolute Gasteiger partial charge is 0.343 e. The van der Waals surface area contributed by atoms with Crippen LogP contribution in [0.4, 0.5) is 0 Å². The van der Waals surface area contributed by atoms with Crippen LogP contribution >= 0.6 is 11.3 Å². The lowest BCUT2D eigenvalue weighted by molar-refractivity contribution is 0.0436. The lowest BCUT2D eigenvalue weighted by Crippen LogP contribution is -2.13. The van der Waals surface area contributed by atoms with Crippen molar-refractivity contribution in [1.29, 1.82) is 5.26 Å². The molecule has 1 atom stereocenters. The first-order valence-corrected chi connectivity index (χ1v) is 7.86. The van der Waals surface area contributed by atoms with Gasteiger partial charge in [0.05, 0.1) is 10.6 Å². The minimum Gasteiger partial charge on any atom is -0.444 e. The van der Waals surface area contributed by atoms with Crippen LogP contribution in [0, 0.1) is 11.3 Å². The number of benzene rings is 1. The Morgan fingerprint density at radius 2 is 2.09 bits per heavy atom. The molecule has 5 nitrogen and oxygen atoms in total. The first-order chi connectivity index (χ1) is 11.2. The van der Waals surface area contributed by atoms with Crippen LogP contribution in [-0.4, -0.2) is 21.9 Å². The Morgan fingerprint density at radius 3 is 2.74 bits per heavy atom. The Hall–Kier alpha value is -2.91.